The summed E-state index contributed by atoms with van der Waals surface area (Å²) in [5.41, 5.74) is 3.55. The topological polar surface area (TPSA) is 24.9 Å². The van der Waals surface area contributed by atoms with Gasteiger partial charge in [-0.3, -0.25) is 0 Å². The molecular formula is C14H17BrN2S. The van der Waals surface area contributed by atoms with Gasteiger partial charge in [0.1, 0.15) is 5.01 Å². The van der Waals surface area contributed by atoms with Crippen molar-refractivity contribution in [1.82, 2.24) is 10.3 Å². The predicted octanol–water partition coefficient (Wildman–Crippen LogP) is 4.38. The Bertz CT molecular complexity index is 534. The van der Waals surface area contributed by atoms with E-state index in [9.17, 15) is 0 Å². The second kappa shape index (κ2) is 5.95. The minimum Gasteiger partial charge on any atom is -0.309 e. The van der Waals surface area contributed by atoms with Crippen LogP contribution in [0.3, 0.4) is 0 Å². The lowest BCUT2D eigenvalue weighted by Crippen LogP contribution is -2.21. The molecule has 2 nitrogen and oxygen atoms in total. The fraction of sp³-hybridized carbons (Fsp3) is 0.357. The lowest BCUT2D eigenvalue weighted by molar-refractivity contribution is 0.583. The first-order chi connectivity index (χ1) is 8.56. The summed E-state index contributed by atoms with van der Waals surface area (Å²) in [6.07, 6.45) is 0. The van der Waals surface area contributed by atoms with Crippen LogP contribution in [0.2, 0.25) is 0 Å². The molecule has 0 fully saturated rings. The second-order valence-corrected chi connectivity index (χ2v) is 6.36. The summed E-state index contributed by atoms with van der Waals surface area (Å²) in [6, 6.07) is 6.85. The Morgan fingerprint density at radius 3 is 2.83 bits per heavy atom. The first-order valence-corrected chi connectivity index (χ1v) is 7.68. The van der Waals surface area contributed by atoms with Crippen LogP contribution >= 0.6 is 27.3 Å². The molecule has 4 heteroatoms. The smallest absolute Gasteiger partial charge is 0.123 e. The van der Waals surface area contributed by atoms with E-state index in [-0.39, 0.29) is 0 Å². The van der Waals surface area contributed by atoms with Crippen molar-refractivity contribution in [3.63, 3.8) is 0 Å². The molecule has 0 saturated heterocycles. The first-order valence-electron chi connectivity index (χ1n) is 6.00. The van der Waals surface area contributed by atoms with Crippen molar-refractivity contribution < 1.29 is 0 Å². The molecule has 96 valence electrons. The Morgan fingerprint density at radius 2 is 2.17 bits per heavy atom. The van der Waals surface area contributed by atoms with Crippen molar-refractivity contribution in [2.45, 2.75) is 33.4 Å². The maximum atomic E-state index is 4.66. The number of benzene rings is 1. The summed E-state index contributed by atoms with van der Waals surface area (Å²) in [6.45, 7) is 7.23. The molecule has 18 heavy (non-hydrogen) atoms. The van der Waals surface area contributed by atoms with Crippen molar-refractivity contribution in [3.05, 3.63) is 39.3 Å². The largest absolute Gasteiger partial charge is 0.309 e. The molecule has 0 atom stereocenters. The normalized spacial score (nSPS) is 11.2. The highest BCUT2D eigenvalue weighted by atomic mass is 79.9. The number of rotatable bonds is 4. The van der Waals surface area contributed by atoms with Crippen LogP contribution < -0.4 is 5.32 Å². The van der Waals surface area contributed by atoms with E-state index >= 15 is 0 Å². The predicted molar refractivity (Wildman–Crippen MR) is 82.0 cm³/mol. The van der Waals surface area contributed by atoms with E-state index in [1.807, 2.05) is 0 Å². The van der Waals surface area contributed by atoms with E-state index < -0.39 is 0 Å². The quantitative estimate of drug-likeness (QED) is 0.902. The Hall–Kier alpha value is -0.710. The number of hydrogen-bond acceptors (Lipinski definition) is 3. The summed E-state index contributed by atoms with van der Waals surface area (Å²) in [5.74, 6) is 0. The summed E-state index contributed by atoms with van der Waals surface area (Å²) in [5, 5.41) is 6.60. The zero-order valence-electron chi connectivity index (χ0n) is 10.8. The molecular weight excluding hydrogens is 308 g/mol. The minimum atomic E-state index is 0.491. The van der Waals surface area contributed by atoms with Gasteiger partial charge in [0, 0.05) is 28.0 Å². The average molecular weight is 325 g/mol. The van der Waals surface area contributed by atoms with E-state index in [2.05, 4.69) is 70.6 Å². The van der Waals surface area contributed by atoms with Crippen LogP contribution in [-0.4, -0.2) is 11.0 Å². The first kappa shape index (κ1) is 13.7. The van der Waals surface area contributed by atoms with Crippen LogP contribution in [-0.2, 0) is 6.54 Å². The number of nitrogens with zero attached hydrogens (tertiary/aromatic N) is 1. The van der Waals surface area contributed by atoms with Gasteiger partial charge in [0.15, 0.2) is 0 Å². The van der Waals surface area contributed by atoms with E-state index in [0.29, 0.717) is 6.04 Å². The molecule has 0 saturated carbocycles. The third-order valence-corrected chi connectivity index (χ3v) is 4.48. The highest BCUT2D eigenvalue weighted by Gasteiger charge is 2.06. The van der Waals surface area contributed by atoms with E-state index in [1.54, 1.807) is 11.3 Å². The molecule has 0 aliphatic heterocycles. The molecule has 0 aliphatic rings. The average Bonchev–Trinajstić information content (AvgIpc) is 2.79. The van der Waals surface area contributed by atoms with Gasteiger partial charge in [-0.05, 0) is 24.6 Å². The molecule has 0 radical (unpaired) electrons. The summed E-state index contributed by atoms with van der Waals surface area (Å²) in [7, 11) is 0. The number of thiazole rings is 1. The molecule has 1 heterocycles. The van der Waals surface area contributed by atoms with Crippen LogP contribution in [0.4, 0.5) is 0 Å². The van der Waals surface area contributed by atoms with Gasteiger partial charge in [-0.1, -0.05) is 35.8 Å². The van der Waals surface area contributed by atoms with E-state index in [4.69, 9.17) is 0 Å². The maximum absolute atomic E-state index is 4.66. The zero-order chi connectivity index (χ0) is 13.1. The molecule has 0 unspecified atom stereocenters. The van der Waals surface area contributed by atoms with Gasteiger partial charge < -0.3 is 5.32 Å². The van der Waals surface area contributed by atoms with Crippen LogP contribution in [0.5, 0.6) is 0 Å². The third-order valence-electron chi connectivity index (χ3n) is 2.65. The lowest BCUT2D eigenvalue weighted by atomic mass is 10.1. The summed E-state index contributed by atoms with van der Waals surface area (Å²) >= 11 is 5.22. The third kappa shape index (κ3) is 3.40. The van der Waals surface area contributed by atoms with E-state index in [0.717, 1.165) is 21.7 Å². The van der Waals surface area contributed by atoms with Gasteiger partial charge >= 0.3 is 0 Å². The Balaban J connectivity index is 2.16. The van der Waals surface area contributed by atoms with E-state index in [1.165, 1.54) is 11.1 Å². The Morgan fingerprint density at radius 1 is 1.39 bits per heavy atom. The summed E-state index contributed by atoms with van der Waals surface area (Å²) in [4.78, 5) is 4.66. The molecule has 0 aliphatic carbocycles. The van der Waals surface area contributed by atoms with Gasteiger partial charge in [-0.25, -0.2) is 4.98 Å². The molecule has 1 N–H and O–H groups in total. The highest BCUT2D eigenvalue weighted by Crippen LogP contribution is 2.27. The van der Waals surface area contributed by atoms with Crippen molar-refractivity contribution in [3.8, 4) is 10.6 Å². The molecule has 2 rings (SSSR count). The fourth-order valence-electron chi connectivity index (χ4n) is 1.61. The number of halogens is 1. The standard InChI is InChI=1S/C14H17BrN2S/c1-9(2)16-7-12-8-18-14(17-12)11-4-5-13(15)10(3)6-11/h4-6,8-9,16H,7H2,1-3H3. The van der Waals surface area contributed by atoms with Crippen LogP contribution in [0, 0.1) is 6.92 Å². The Kier molecular flexibility index (Phi) is 4.54. The molecule has 0 amide bonds. The fourth-order valence-corrected chi connectivity index (χ4v) is 2.67. The molecule has 1 aromatic carbocycles. The van der Waals surface area contributed by atoms with Crippen LogP contribution in [0.15, 0.2) is 28.1 Å². The molecule has 0 spiro atoms. The van der Waals surface area contributed by atoms with Gasteiger partial charge in [0.05, 0.1) is 5.69 Å². The van der Waals surface area contributed by atoms with Crippen LogP contribution in [0.25, 0.3) is 10.6 Å². The summed E-state index contributed by atoms with van der Waals surface area (Å²) < 4.78 is 1.14. The van der Waals surface area contributed by atoms with Crippen molar-refractivity contribution in [2.75, 3.05) is 0 Å². The minimum absolute atomic E-state index is 0.491. The SMILES string of the molecule is Cc1cc(-c2nc(CNC(C)C)cs2)ccc1Br. The van der Waals surface area contributed by atoms with Gasteiger partial charge in [0.25, 0.3) is 0 Å². The van der Waals surface area contributed by atoms with Crippen molar-refractivity contribution in [1.29, 1.82) is 0 Å². The highest BCUT2D eigenvalue weighted by molar-refractivity contribution is 9.10. The molecule has 0 bridgehead atoms. The lowest BCUT2D eigenvalue weighted by Gasteiger charge is -2.05. The number of aryl methyl sites for hydroxylation is 1. The number of aromatic nitrogens is 1. The zero-order valence-corrected chi connectivity index (χ0v) is 13.2. The van der Waals surface area contributed by atoms with Crippen LogP contribution in [0.1, 0.15) is 25.1 Å². The monoisotopic (exact) mass is 324 g/mol. The van der Waals surface area contributed by atoms with Gasteiger partial charge in [-0.2, -0.15) is 0 Å². The van der Waals surface area contributed by atoms with Crippen molar-refractivity contribution in [2.24, 2.45) is 0 Å². The second-order valence-electron chi connectivity index (χ2n) is 4.64. The Labute approximate surface area is 121 Å². The number of nitrogens with one attached hydrogen (secondary N) is 1. The van der Waals surface area contributed by atoms with Gasteiger partial charge in [0.2, 0.25) is 0 Å². The number of hydrogen-bond donors (Lipinski definition) is 1. The molecule has 2 aromatic rings. The molecule has 1 aromatic heterocycles. The van der Waals surface area contributed by atoms with Gasteiger partial charge in [-0.15, -0.1) is 11.3 Å². The maximum Gasteiger partial charge on any atom is 0.123 e. The van der Waals surface area contributed by atoms with Crippen molar-refractivity contribution >= 4 is 27.3 Å².